The number of rotatable bonds is 5. The minimum Gasteiger partial charge on any atom is -0.480 e. The van der Waals surface area contributed by atoms with E-state index >= 15 is 0 Å². The normalized spacial score (nSPS) is 9.83. The fraction of sp³-hybridized carbons (Fsp3) is 0.182. The number of benzene rings is 1. The third kappa shape index (κ3) is 4.32. The third-order valence-corrected chi connectivity index (χ3v) is 2.77. The first-order valence-corrected chi connectivity index (χ1v) is 6.03. The van der Waals surface area contributed by atoms with Gasteiger partial charge in [0, 0.05) is 9.13 Å². The highest BCUT2D eigenvalue weighted by molar-refractivity contribution is 14.1. The van der Waals surface area contributed by atoms with E-state index < -0.39 is 30.9 Å². The second kappa shape index (κ2) is 6.34. The molecule has 0 atom stereocenters. The summed E-state index contributed by atoms with van der Waals surface area (Å²) in [6.07, 6.45) is 0. The van der Waals surface area contributed by atoms with Gasteiger partial charge in [0.05, 0.1) is 0 Å². The predicted molar refractivity (Wildman–Crippen MR) is 71.9 cm³/mol. The largest absolute Gasteiger partial charge is 0.480 e. The molecule has 6 nitrogen and oxygen atoms in total. The predicted octanol–water partition coefficient (Wildman–Crippen LogP) is 0.303. The number of aliphatic carboxylic acids is 1. The number of hydrogen-bond acceptors (Lipinski definition) is 3. The molecule has 0 aliphatic rings. The van der Waals surface area contributed by atoms with Gasteiger partial charge >= 0.3 is 5.97 Å². The van der Waals surface area contributed by atoms with E-state index in [1.54, 1.807) is 24.3 Å². The Bertz CT molecular complexity index is 456. The van der Waals surface area contributed by atoms with Crippen LogP contribution in [-0.2, 0) is 9.59 Å². The number of carbonyl (C=O) groups is 3. The van der Waals surface area contributed by atoms with Gasteiger partial charge in [-0.25, -0.2) is 0 Å². The van der Waals surface area contributed by atoms with Gasteiger partial charge in [0.1, 0.15) is 13.1 Å². The molecule has 0 saturated heterocycles. The lowest BCUT2D eigenvalue weighted by molar-refractivity contribution is -0.138. The van der Waals surface area contributed by atoms with Crippen molar-refractivity contribution in [3.63, 3.8) is 0 Å². The zero-order chi connectivity index (χ0) is 13.7. The summed E-state index contributed by atoms with van der Waals surface area (Å²) in [6.45, 7) is -0.981. The number of primary amides is 1. The maximum atomic E-state index is 12.0. The second-order valence-corrected chi connectivity index (χ2v) is 4.77. The first-order valence-electron chi connectivity index (χ1n) is 4.95. The van der Waals surface area contributed by atoms with Crippen molar-refractivity contribution in [2.24, 2.45) is 5.73 Å². The van der Waals surface area contributed by atoms with Crippen LogP contribution in [0, 0.1) is 3.57 Å². The SMILES string of the molecule is NC(=O)CN(CC(=O)O)C(=O)c1ccc(I)cc1. The molecular weight excluding hydrogens is 351 g/mol. The molecule has 1 aromatic carbocycles. The van der Waals surface area contributed by atoms with E-state index in [1.807, 2.05) is 0 Å². The van der Waals surface area contributed by atoms with Gasteiger partial charge in [-0.1, -0.05) is 0 Å². The monoisotopic (exact) mass is 362 g/mol. The Balaban J connectivity index is 2.90. The van der Waals surface area contributed by atoms with E-state index in [9.17, 15) is 14.4 Å². The maximum Gasteiger partial charge on any atom is 0.323 e. The van der Waals surface area contributed by atoms with Crippen LogP contribution in [0.3, 0.4) is 0 Å². The Kier molecular flexibility index (Phi) is 5.08. The van der Waals surface area contributed by atoms with Crippen LogP contribution < -0.4 is 5.73 Å². The molecule has 0 heterocycles. The Labute approximate surface area is 117 Å². The van der Waals surface area contributed by atoms with Crippen molar-refractivity contribution >= 4 is 40.4 Å². The molecule has 0 aliphatic heterocycles. The van der Waals surface area contributed by atoms with Gasteiger partial charge in [0.2, 0.25) is 5.91 Å². The van der Waals surface area contributed by atoms with Gasteiger partial charge in [0.15, 0.2) is 0 Å². The molecular formula is C11H11IN2O4. The Morgan fingerprint density at radius 3 is 2.17 bits per heavy atom. The minimum absolute atomic E-state index is 0.318. The average molecular weight is 362 g/mol. The summed E-state index contributed by atoms with van der Waals surface area (Å²) in [5.41, 5.74) is 5.30. The number of carbonyl (C=O) groups excluding carboxylic acids is 2. The van der Waals surface area contributed by atoms with Gasteiger partial charge in [-0.2, -0.15) is 0 Å². The van der Waals surface area contributed by atoms with E-state index in [0.717, 1.165) is 8.47 Å². The molecule has 96 valence electrons. The topological polar surface area (TPSA) is 101 Å². The summed E-state index contributed by atoms with van der Waals surface area (Å²) in [6, 6.07) is 6.58. The lowest BCUT2D eigenvalue weighted by atomic mass is 10.2. The van der Waals surface area contributed by atoms with E-state index in [4.69, 9.17) is 10.8 Å². The van der Waals surface area contributed by atoms with E-state index in [2.05, 4.69) is 22.6 Å². The van der Waals surface area contributed by atoms with Crippen LogP contribution in [0.25, 0.3) is 0 Å². The van der Waals surface area contributed by atoms with Crippen LogP contribution in [-0.4, -0.2) is 40.9 Å². The fourth-order valence-corrected chi connectivity index (χ4v) is 1.69. The van der Waals surface area contributed by atoms with Gasteiger partial charge in [-0.3, -0.25) is 14.4 Å². The molecule has 1 rings (SSSR count). The van der Waals surface area contributed by atoms with Crippen molar-refractivity contribution in [2.45, 2.75) is 0 Å². The molecule has 0 fully saturated rings. The quantitative estimate of drug-likeness (QED) is 0.736. The first kappa shape index (κ1) is 14.4. The molecule has 0 saturated carbocycles. The number of hydrogen-bond donors (Lipinski definition) is 2. The van der Waals surface area contributed by atoms with Crippen LogP contribution >= 0.6 is 22.6 Å². The van der Waals surface area contributed by atoms with Crippen molar-refractivity contribution in [1.29, 1.82) is 0 Å². The van der Waals surface area contributed by atoms with Gasteiger partial charge in [-0.15, -0.1) is 0 Å². The van der Waals surface area contributed by atoms with Gasteiger partial charge in [-0.05, 0) is 46.9 Å². The summed E-state index contributed by atoms with van der Waals surface area (Å²) < 4.78 is 0.948. The molecule has 3 N–H and O–H groups in total. The van der Waals surface area contributed by atoms with Crippen LogP contribution in [0.5, 0.6) is 0 Å². The average Bonchev–Trinajstić information content (AvgIpc) is 2.27. The number of carboxylic acid groups (broad SMARTS) is 1. The molecule has 0 spiro atoms. The van der Waals surface area contributed by atoms with Crippen LogP contribution in [0.2, 0.25) is 0 Å². The second-order valence-electron chi connectivity index (χ2n) is 3.53. The van der Waals surface area contributed by atoms with Crippen molar-refractivity contribution in [2.75, 3.05) is 13.1 Å². The zero-order valence-corrected chi connectivity index (χ0v) is 11.5. The Morgan fingerprint density at radius 2 is 1.72 bits per heavy atom. The third-order valence-electron chi connectivity index (χ3n) is 2.05. The summed E-state index contributed by atoms with van der Waals surface area (Å²) in [5.74, 6) is -2.49. The standard InChI is InChI=1S/C11H11IN2O4/c12-8-3-1-7(2-4-8)11(18)14(5-9(13)15)6-10(16)17/h1-4H,5-6H2,(H2,13,15)(H,16,17). The highest BCUT2D eigenvalue weighted by Crippen LogP contribution is 2.09. The molecule has 0 aliphatic carbocycles. The zero-order valence-electron chi connectivity index (χ0n) is 9.30. The highest BCUT2D eigenvalue weighted by Gasteiger charge is 2.20. The highest BCUT2D eigenvalue weighted by atomic mass is 127. The summed E-state index contributed by atoms with van der Waals surface area (Å²) in [4.78, 5) is 34.3. The molecule has 18 heavy (non-hydrogen) atoms. The van der Waals surface area contributed by atoms with Crippen molar-refractivity contribution in [3.8, 4) is 0 Å². The molecule has 0 aromatic heterocycles. The van der Waals surface area contributed by atoms with E-state index in [-0.39, 0.29) is 0 Å². The van der Waals surface area contributed by atoms with Crippen LogP contribution in [0.15, 0.2) is 24.3 Å². The molecule has 7 heteroatoms. The molecule has 0 unspecified atom stereocenters. The molecule has 0 radical (unpaired) electrons. The van der Waals surface area contributed by atoms with E-state index in [0.29, 0.717) is 5.56 Å². The first-order chi connectivity index (χ1) is 8.40. The molecule has 1 aromatic rings. The van der Waals surface area contributed by atoms with Crippen molar-refractivity contribution < 1.29 is 19.5 Å². The van der Waals surface area contributed by atoms with Crippen molar-refractivity contribution in [3.05, 3.63) is 33.4 Å². The Morgan fingerprint density at radius 1 is 1.17 bits per heavy atom. The number of halogens is 1. The molecule has 2 amide bonds. The van der Waals surface area contributed by atoms with Crippen LogP contribution in [0.1, 0.15) is 10.4 Å². The number of carboxylic acids is 1. The number of nitrogens with two attached hydrogens (primary N) is 1. The van der Waals surface area contributed by atoms with E-state index in [1.165, 1.54) is 0 Å². The lowest BCUT2D eigenvalue weighted by Gasteiger charge is -2.18. The molecule has 0 bridgehead atoms. The maximum absolute atomic E-state index is 12.0. The fourth-order valence-electron chi connectivity index (χ4n) is 1.33. The van der Waals surface area contributed by atoms with Gasteiger partial charge < -0.3 is 15.7 Å². The number of amides is 2. The summed E-state index contributed by atoms with van der Waals surface area (Å²) in [7, 11) is 0. The minimum atomic E-state index is -1.20. The summed E-state index contributed by atoms with van der Waals surface area (Å²) in [5, 5.41) is 8.69. The smallest absolute Gasteiger partial charge is 0.323 e. The summed E-state index contributed by atoms with van der Waals surface area (Å²) >= 11 is 2.08. The van der Waals surface area contributed by atoms with Crippen LogP contribution in [0.4, 0.5) is 0 Å². The Hall–Kier alpha value is -1.64. The van der Waals surface area contributed by atoms with Gasteiger partial charge in [0.25, 0.3) is 5.91 Å². The number of nitrogens with zero attached hydrogens (tertiary/aromatic N) is 1. The lowest BCUT2D eigenvalue weighted by Crippen LogP contribution is -2.41. The van der Waals surface area contributed by atoms with Crippen molar-refractivity contribution in [1.82, 2.24) is 4.90 Å².